The van der Waals surface area contributed by atoms with E-state index in [1.54, 1.807) is 0 Å². The highest BCUT2D eigenvalue weighted by Gasteiger charge is 2.48. The van der Waals surface area contributed by atoms with Gasteiger partial charge in [-0.05, 0) is 103 Å². The molecule has 0 saturated heterocycles. The van der Waals surface area contributed by atoms with Gasteiger partial charge in [0.1, 0.15) is 23.0 Å². The lowest BCUT2D eigenvalue weighted by atomic mass is 9.54. The van der Waals surface area contributed by atoms with Gasteiger partial charge in [0.2, 0.25) is 0 Å². The second kappa shape index (κ2) is 10.8. The molecule has 1 aliphatic carbocycles. The monoisotopic (exact) mass is 506 g/mol. The van der Waals surface area contributed by atoms with Crippen molar-refractivity contribution in [3.05, 3.63) is 108 Å². The number of hydrogen-bond acceptors (Lipinski definition) is 4. The molecule has 1 fully saturated rings. The Hall–Kier alpha value is -3.92. The fourth-order valence-electron chi connectivity index (χ4n) is 6.29. The van der Waals surface area contributed by atoms with Gasteiger partial charge in [0.25, 0.3) is 0 Å². The minimum Gasteiger partial charge on any atom is -0.457 e. The minimum atomic E-state index is -0.185. The van der Waals surface area contributed by atoms with E-state index in [0.29, 0.717) is 17.8 Å². The molecule has 0 radical (unpaired) electrons. The summed E-state index contributed by atoms with van der Waals surface area (Å²) < 4.78 is 12.7. The quantitative estimate of drug-likeness (QED) is 0.246. The molecule has 196 valence electrons. The molecule has 0 spiro atoms. The van der Waals surface area contributed by atoms with Crippen molar-refractivity contribution in [2.75, 3.05) is 11.5 Å². The average molecular weight is 507 g/mol. The number of para-hydroxylation sites is 1. The molecule has 3 atom stereocenters. The third-order valence-electron chi connectivity index (χ3n) is 8.04. The number of nitrogens with two attached hydrogens (primary N) is 2. The number of rotatable bonds is 7. The number of nitrogen functional groups attached to an aromatic ring is 2. The van der Waals surface area contributed by atoms with E-state index >= 15 is 0 Å². The lowest BCUT2D eigenvalue weighted by Crippen LogP contribution is -2.44. The molecule has 3 unspecified atom stereocenters. The van der Waals surface area contributed by atoms with Crippen LogP contribution in [-0.4, -0.2) is 0 Å². The van der Waals surface area contributed by atoms with Gasteiger partial charge in [-0.1, -0.05) is 57.5 Å². The zero-order chi connectivity index (χ0) is 26.7. The first-order chi connectivity index (χ1) is 18.3. The Balaban J connectivity index is 1.59. The summed E-state index contributed by atoms with van der Waals surface area (Å²) in [5.41, 5.74) is 15.6. The second-order valence-electron chi connectivity index (χ2n) is 11.1. The van der Waals surface area contributed by atoms with Crippen LogP contribution in [0.2, 0.25) is 0 Å². The molecule has 0 aromatic heterocycles. The van der Waals surface area contributed by atoms with Gasteiger partial charge in [0, 0.05) is 22.4 Å². The Morgan fingerprint density at radius 3 is 1.79 bits per heavy atom. The molecule has 1 aliphatic rings. The van der Waals surface area contributed by atoms with Crippen LogP contribution in [0.25, 0.3) is 0 Å². The fourth-order valence-corrected chi connectivity index (χ4v) is 6.29. The van der Waals surface area contributed by atoms with E-state index in [0.717, 1.165) is 40.8 Å². The van der Waals surface area contributed by atoms with E-state index in [2.05, 4.69) is 69.3 Å². The van der Waals surface area contributed by atoms with Gasteiger partial charge >= 0.3 is 0 Å². The highest BCUT2D eigenvalue weighted by atomic mass is 16.5. The number of anilines is 2. The van der Waals surface area contributed by atoms with Gasteiger partial charge in [-0.3, -0.25) is 0 Å². The average Bonchev–Trinajstić information content (AvgIpc) is 2.92. The Morgan fingerprint density at radius 1 is 0.684 bits per heavy atom. The van der Waals surface area contributed by atoms with Crippen LogP contribution in [0, 0.1) is 17.8 Å². The normalized spacial score (nSPS) is 21.3. The van der Waals surface area contributed by atoms with Crippen LogP contribution in [0.15, 0.2) is 97.1 Å². The van der Waals surface area contributed by atoms with E-state index in [1.165, 1.54) is 24.0 Å². The first kappa shape index (κ1) is 25.7. The maximum Gasteiger partial charge on any atom is 0.131 e. The van der Waals surface area contributed by atoms with Crippen LogP contribution >= 0.6 is 0 Å². The van der Waals surface area contributed by atoms with Crippen LogP contribution < -0.4 is 20.9 Å². The molecule has 0 bridgehead atoms. The van der Waals surface area contributed by atoms with E-state index in [4.69, 9.17) is 20.9 Å². The van der Waals surface area contributed by atoms with Crippen LogP contribution in [0.1, 0.15) is 51.2 Å². The number of hydrogen-bond donors (Lipinski definition) is 2. The summed E-state index contributed by atoms with van der Waals surface area (Å²) in [6.45, 7) is 7.10. The van der Waals surface area contributed by atoms with Crippen molar-refractivity contribution < 1.29 is 9.47 Å². The first-order valence-corrected chi connectivity index (χ1v) is 13.6. The maximum atomic E-state index is 6.55. The largest absolute Gasteiger partial charge is 0.457 e. The highest BCUT2D eigenvalue weighted by Crippen LogP contribution is 2.55. The fraction of sp³-hybridized carbons (Fsp3) is 0.294. The molecular weight excluding hydrogens is 468 g/mol. The Kier molecular flexibility index (Phi) is 7.33. The summed E-state index contributed by atoms with van der Waals surface area (Å²) in [4.78, 5) is 0. The van der Waals surface area contributed by atoms with E-state index in [-0.39, 0.29) is 5.41 Å². The molecule has 0 heterocycles. The molecule has 0 amide bonds. The third-order valence-corrected chi connectivity index (χ3v) is 8.04. The summed E-state index contributed by atoms with van der Waals surface area (Å²) in [5, 5.41) is 0. The lowest BCUT2D eigenvalue weighted by molar-refractivity contribution is 0.133. The van der Waals surface area contributed by atoms with Crippen molar-refractivity contribution in [1.82, 2.24) is 0 Å². The summed E-state index contributed by atoms with van der Waals surface area (Å²) >= 11 is 0. The lowest BCUT2D eigenvalue weighted by Gasteiger charge is -2.50. The molecule has 1 saturated carbocycles. The van der Waals surface area contributed by atoms with Crippen molar-refractivity contribution in [3.8, 4) is 23.0 Å². The summed E-state index contributed by atoms with van der Waals surface area (Å²) in [6.07, 6.45) is 3.48. The highest BCUT2D eigenvalue weighted by molar-refractivity contribution is 5.52. The van der Waals surface area contributed by atoms with Crippen LogP contribution in [0.5, 0.6) is 23.0 Å². The van der Waals surface area contributed by atoms with Gasteiger partial charge in [-0.25, -0.2) is 0 Å². The van der Waals surface area contributed by atoms with Crippen molar-refractivity contribution in [2.45, 2.75) is 45.4 Å². The molecule has 4 heteroatoms. The second-order valence-corrected chi connectivity index (χ2v) is 11.1. The predicted molar refractivity (Wildman–Crippen MR) is 157 cm³/mol. The van der Waals surface area contributed by atoms with E-state index in [1.807, 2.05) is 48.5 Å². The van der Waals surface area contributed by atoms with E-state index in [9.17, 15) is 0 Å². The number of benzene rings is 4. The SMILES string of the molecule is CC1CCC(C(C)C)C(c2ccc(Oc3ccc(N)cc3)cc2)(c2ccccc2Oc2ccc(N)cc2)C1. The zero-order valence-corrected chi connectivity index (χ0v) is 22.6. The standard InChI is InChI=1S/C34H38N2O2/c1-23(2)31-21-8-24(3)22-34(31,25-9-15-28(16-10-25)37-29-17-11-26(35)12-18-29)32-6-4-5-7-33(32)38-30-19-13-27(36)14-20-30/h4-7,9-20,23-24,31H,8,21-22,35-36H2,1-3H3. The number of ether oxygens (including phenoxy) is 2. The van der Waals surface area contributed by atoms with Gasteiger partial charge in [-0.2, -0.15) is 0 Å². The Labute approximate surface area is 226 Å². The minimum absolute atomic E-state index is 0.185. The molecule has 4 aromatic rings. The van der Waals surface area contributed by atoms with Crippen LogP contribution in [0.4, 0.5) is 11.4 Å². The third kappa shape index (κ3) is 5.22. The van der Waals surface area contributed by atoms with Gasteiger partial charge in [0.15, 0.2) is 0 Å². The molecule has 4 nitrogen and oxygen atoms in total. The topological polar surface area (TPSA) is 70.5 Å². The summed E-state index contributed by atoms with van der Waals surface area (Å²) in [5.74, 6) is 4.86. The van der Waals surface area contributed by atoms with Crippen molar-refractivity contribution in [1.29, 1.82) is 0 Å². The summed E-state index contributed by atoms with van der Waals surface area (Å²) in [6, 6.07) is 32.4. The van der Waals surface area contributed by atoms with E-state index < -0.39 is 0 Å². The van der Waals surface area contributed by atoms with Gasteiger partial charge in [0.05, 0.1) is 0 Å². The molecule has 38 heavy (non-hydrogen) atoms. The molecule has 4 aromatic carbocycles. The Morgan fingerprint density at radius 2 is 1.21 bits per heavy atom. The smallest absolute Gasteiger partial charge is 0.131 e. The maximum absolute atomic E-state index is 6.55. The van der Waals surface area contributed by atoms with Crippen LogP contribution in [0.3, 0.4) is 0 Å². The van der Waals surface area contributed by atoms with Gasteiger partial charge in [-0.15, -0.1) is 0 Å². The van der Waals surface area contributed by atoms with Crippen molar-refractivity contribution in [3.63, 3.8) is 0 Å². The molecular formula is C34H38N2O2. The van der Waals surface area contributed by atoms with Crippen LogP contribution in [-0.2, 0) is 5.41 Å². The molecule has 4 N–H and O–H groups in total. The zero-order valence-electron chi connectivity index (χ0n) is 22.6. The first-order valence-electron chi connectivity index (χ1n) is 13.6. The Bertz CT molecular complexity index is 1350. The molecule has 5 rings (SSSR count). The molecule has 0 aliphatic heterocycles. The summed E-state index contributed by atoms with van der Waals surface area (Å²) in [7, 11) is 0. The van der Waals surface area contributed by atoms with Crippen molar-refractivity contribution >= 4 is 11.4 Å². The van der Waals surface area contributed by atoms with Gasteiger partial charge < -0.3 is 20.9 Å². The predicted octanol–water partition coefficient (Wildman–Crippen LogP) is 8.81. The van der Waals surface area contributed by atoms with Crippen molar-refractivity contribution in [2.24, 2.45) is 17.8 Å².